The van der Waals surface area contributed by atoms with Gasteiger partial charge in [0.25, 0.3) is 5.69 Å². The number of alkyl halides is 2. The molecule has 0 radical (unpaired) electrons. The minimum Gasteiger partial charge on any atom is -0.431 e. The Kier molecular flexibility index (Phi) is 3.66. The quantitative estimate of drug-likeness (QED) is 0.467. The van der Waals surface area contributed by atoms with Gasteiger partial charge >= 0.3 is 6.61 Å². The Morgan fingerprint density at radius 3 is 2.47 bits per heavy atom. The van der Waals surface area contributed by atoms with E-state index in [0.29, 0.717) is 12.1 Å². The van der Waals surface area contributed by atoms with Crippen LogP contribution < -0.4 is 4.74 Å². The zero-order valence-corrected chi connectivity index (χ0v) is 8.45. The molecule has 0 fully saturated rings. The Bertz CT molecular complexity index is 476. The second-order valence-corrected chi connectivity index (χ2v) is 2.99. The summed E-state index contributed by atoms with van der Waals surface area (Å²) in [5, 5.41) is 10.6. The second kappa shape index (κ2) is 4.81. The number of nitro groups is 1. The third-order valence-electron chi connectivity index (χ3n) is 1.84. The van der Waals surface area contributed by atoms with E-state index in [-0.39, 0.29) is 0 Å². The van der Waals surface area contributed by atoms with Crippen LogP contribution in [0.2, 0.25) is 0 Å². The largest absolute Gasteiger partial charge is 0.431 e. The Morgan fingerprint density at radius 1 is 1.47 bits per heavy atom. The van der Waals surface area contributed by atoms with Crippen molar-refractivity contribution in [2.45, 2.75) is 13.5 Å². The Morgan fingerprint density at radius 2 is 2.06 bits per heavy atom. The monoisotopic (exact) mass is 249 g/mol. The fraction of sp³-hybridized carbons (Fsp3) is 0.222. The predicted octanol–water partition coefficient (Wildman–Crippen LogP) is 2.54. The van der Waals surface area contributed by atoms with Gasteiger partial charge in [-0.25, -0.2) is 4.39 Å². The molecule has 1 rings (SSSR count). The van der Waals surface area contributed by atoms with Gasteiger partial charge in [-0.15, -0.1) is 0 Å². The molecule has 0 spiro atoms. The van der Waals surface area contributed by atoms with E-state index < -0.39 is 40.1 Å². The van der Waals surface area contributed by atoms with Crippen molar-refractivity contribution in [3.8, 4) is 5.75 Å². The number of rotatable bonds is 4. The maximum absolute atomic E-state index is 13.2. The molecule has 92 valence electrons. The summed E-state index contributed by atoms with van der Waals surface area (Å²) in [6.07, 6.45) is 0. The number of hydrogen-bond donors (Lipinski definition) is 0. The predicted molar refractivity (Wildman–Crippen MR) is 49.7 cm³/mol. The van der Waals surface area contributed by atoms with E-state index in [1.807, 2.05) is 0 Å². The van der Waals surface area contributed by atoms with Crippen LogP contribution in [0.15, 0.2) is 12.1 Å². The Labute approximate surface area is 93.0 Å². The number of hydrogen-bond acceptors (Lipinski definition) is 4. The maximum Gasteiger partial charge on any atom is 0.387 e. The molecule has 0 heterocycles. The number of carbonyl (C=O) groups is 1. The van der Waals surface area contributed by atoms with E-state index in [4.69, 9.17) is 0 Å². The van der Waals surface area contributed by atoms with Crippen LogP contribution in [-0.4, -0.2) is 17.3 Å². The number of Topliss-reactive ketones (excluding diaryl/α,β-unsaturated/α-hetero) is 1. The molecular weight excluding hydrogens is 243 g/mol. The first-order valence-corrected chi connectivity index (χ1v) is 4.26. The number of nitrogens with zero attached hydrogens (tertiary/aromatic N) is 1. The van der Waals surface area contributed by atoms with Crippen molar-refractivity contribution < 1.29 is 27.6 Å². The summed E-state index contributed by atoms with van der Waals surface area (Å²) in [5.41, 5.74) is -1.29. The molecule has 1 aromatic carbocycles. The molecule has 0 unspecified atom stereocenters. The van der Waals surface area contributed by atoms with E-state index in [0.717, 1.165) is 6.92 Å². The summed E-state index contributed by atoms with van der Waals surface area (Å²) < 4.78 is 40.7. The average Bonchev–Trinajstić information content (AvgIpc) is 2.19. The summed E-state index contributed by atoms with van der Waals surface area (Å²) in [6, 6.07) is 0.955. The lowest BCUT2D eigenvalue weighted by Crippen LogP contribution is -2.07. The molecule has 5 nitrogen and oxygen atoms in total. The molecule has 0 saturated carbocycles. The van der Waals surface area contributed by atoms with Crippen LogP contribution in [0.3, 0.4) is 0 Å². The lowest BCUT2D eigenvalue weighted by molar-refractivity contribution is -0.385. The van der Waals surface area contributed by atoms with Crippen molar-refractivity contribution in [3.05, 3.63) is 33.6 Å². The highest BCUT2D eigenvalue weighted by atomic mass is 19.3. The molecule has 0 amide bonds. The van der Waals surface area contributed by atoms with Gasteiger partial charge < -0.3 is 4.74 Å². The number of halogens is 3. The van der Waals surface area contributed by atoms with Gasteiger partial charge in [0.2, 0.25) is 0 Å². The van der Waals surface area contributed by atoms with E-state index >= 15 is 0 Å². The van der Waals surface area contributed by atoms with Crippen LogP contribution >= 0.6 is 0 Å². The van der Waals surface area contributed by atoms with Gasteiger partial charge in [-0.1, -0.05) is 0 Å². The SMILES string of the molecule is CC(=O)c1cc(F)c(OC(F)F)cc1[N+](=O)[O-]. The highest BCUT2D eigenvalue weighted by Gasteiger charge is 2.23. The Hall–Kier alpha value is -2.12. The van der Waals surface area contributed by atoms with E-state index in [2.05, 4.69) is 4.74 Å². The highest BCUT2D eigenvalue weighted by Crippen LogP contribution is 2.29. The normalized spacial score (nSPS) is 10.4. The molecule has 0 atom stereocenters. The average molecular weight is 249 g/mol. The first-order valence-electron chi connectivity index (χ1n) is 4.26. The standard InChI is InChI=1S/C9H6F3NO4/c1-4(14)5-2-6(10)8(17-9(11)12)3-7(5)13(15)16/h2-3,9H,1H3. The van der Waals surface area contributed by atoms with Gasteiger partial charge in [0.1, 0.15) is 0 Å². The van der Waals surface area contributed by atoms with Gasteiger partial charge in [0, 0.05) is 0 Å². The van der Waals surface area contributed by atoms with E-state index in [1.54, 1.807) is 0 Å². The smallest absolute Gasteiger partial charge is 0.387 e. The van der Waals surface area contributed by atoms with Crippen molar-refractivity contribution in [2.24, 2.45) is 0 Å². The van der Waals surface area contributed by atoms with Crippen LogP contribution in [0, 0.1) is 15.9 Å². The van der Waals surface area contributed by atoms with Gasteiger partial charge in [0.15, 0.2) is 17.3 Å². The molecule has 0 aliphatic rings. The minimum absolute atomic E-state index is 0.457. The summed E-state index contributed by atoms with van der Waals surface area (Å²) in [4.78, 5) is 20.6. The maximum atomic E-state index is 13.2. The fourth-order valence-electron chi connectivity index (χ4n) is 1.16. The van der Waals surface area contributed by atoms with Crippen molar-refractivity contribution in [3.63, 3.8) is 0 Å². The first kappa shape index (κ1) is 12.9. The van der Waals surface area contributed by atoms with Crippen molar-refractivity contribution in [2.75, 3.05) is 0 Å². The van der Waals surface area contributed by atoms with Crippen molar-refractivity contribution in [1.29, 1.82) is 0 Å². The van der Waals surface area contributed by atoms with E-state index in [1.165, 1.54) is 0 Å². The van der Waals surface area contributed by atoms with Crippen molar-refractivity contribution >= 4 is 11.5 Å². The zero-order chi connectivity index (χ0) is 13.2. The van der Waals surface area contributed by atoms with Crippen LogP contribution in [0.25, 0.3) is 0 Å². The van der Waals surface area contributed by atoms with Crippen LogP contribution in [0.5, 0.6) is 5.75 Å². The molecule has 17 heavy (non-hydrogen) atoms. The second-order valence-electron chi connectivity index (χ2n) is 2.99. The molecule has 0 N–H and O–H groups in total. The first-order chi connectivity index (χ1) is 7.82. The van der Waals surface area contributed by atoms with Gasteiger partial charge in [-0.05, 0) is 13.0 Å². The number of carbonyl (C=O) groups excluding carboxylic acids is 1. The van der Waals surface area contributed by atoms with Crippen LogP contribution in [-0.2, 0) is 0 Å². The third kappa shape index (κ3) is 2.92. The number of nitro benzene ring substituents is 1. The molecule has 8 heteroatoms. The summed E-state index contributed by atoms with van der Waals surface area (Å²) in [5.74, 6) is -2.99. The molecule has 0 saturated heterocycles. The van der Waals surface area contributed by atoms with Gasteiger partial charge in [-0.2, -0.15) is 8.78 Å². The molecule has 0 aliphatic heterocycles. The lowest BCUT2D eigenvalue weighted by atomic mass is 10.1. The summed E-state index contributed by atoms with van der Waals surface area (Å²) in [7, 11) is 0. The summed E-state index contributed by atoms with van der Waals surface area (Å²) >= 11 is 0. The minimum atomic E-state index is -3.31. The molecule has 0 bridgehead atoms. The molecular formula is C9H6F3NO4. The number of ether oxygens (including phenoxy) is 1. The van der Waals surface area contributed by atoms with E-state index in [9.17, 15) is 28.1 Å². The fourth-order valence-corrected chi connectivity index (χ4v) is 1.16. The zero-order valence-electron chi connectivity index (χ0n) is 8.45. The van der Waals surface area contributed by atoms with Gasteiger partial charge in [-0.3, -0.25) is 14.9 Å². The number of benzene rings is 1. The third-order valence-corrected chi connectivity index (χ3v) is 1.84. The highest BCUT2D eigenvalue weighted by molar-refractivity contribution is 5.98. The van der Waals surface area contributed by atoms with Crippen LogP contribution in [0.4, 0.5) is 18.9 Å². The molecule has 1 aromatic rings. The lowest BCUT2D eigenvalue weighted by Gasteiger charge is -2.07. The summed E-state index contributed by atoms with van der Waals surface area (Å²) in [6.45, 7) is -2.32. The number of ketones is 1. The Balaban J connectivity index is 3.34. The van der Waals surface area contributed by atoms with Crippen molar-refractivity contribution in [1.82, 2.24) is 0 Å². The van der Waals surface area contributed by atoms with Gasteiger partial charge in [0.05, 0.1) is 16.6 Å². The van der Waals surface area contributed by atoms with Crippen LogP contribution in [0.1, 0.15) is 17.3 Å². The molecule has 0 aromatic heterocycles. The topological polar surface area (TPSA) is 69.4 Å². The molecule has 0 aliphatic carbocycles.